The molecule has 0 amide bonds. The van der Waals surface area contributed by atoms with Crippen molar-refractivity contribution >= 4 is 21.4 Å². The Labute approximate surface area is 131 Å². The number of thiophene rings is 1. The second-order valence-electron chi connectivity index (χ2n) is 5.31. The molecular weight excluding hydrogens is 308 g/mol. The van der Waals surface area contributed by atoms with Crippen LogP contribution in [0.1, 0.15) is 30.2 Å². The molecule has 7 heteroatoms. The van der Waals surface area contributed by atoms with E-state index in [1.807, 2.05) is 19.2 Å². The van der Waals surface area contributed by atoms with E-state index in [0.29, 0.717) is 24.5 Å². The molecule has 0 aliphatic carbocycles. The maximum atomic E-state index is 13.0. The van der Waals surface area contributed by atoms with E-state index >= 15 is 0 Å². The van der Waals surface area contributed by atoms with E-state index in [1.165, 1.54) is 11.3 Å². The van der Waals surface area contributed by atoms with Gasteiger partial charge in [-0.1, -0.05) is 6.92 Å². The molecule has 0 aromatic carbocycles. The minimum Gasteiger partial charge on any atom is -0.380 e. The summed E-state index contributed by atoms with van der Waals surface area (Å²) < 4.78 is 32.8. The predicted molar refractivity (Wildman–Crippen MR) is 85.2 cm³/mol. The molecule has 0 radical (unpaired) electrons. The van der Waals surface area contributed by atoms with Crippen molar-refractivity contribution in [2.75, 3.05) is 26.7 Å². The quantitative estimate of drug-likeness (QED) is 0.865. The Morgan fingerprint density at radius 1 is 1.52 bits per heavy atom. The summed E-state index contributed by atoms with van der Waals surface area (Å²) in [4.78, 5) is 1.39. The lowest BCUT2D eigenvalue weighted by molar-refractivity contribution is 0.0571. The van der Waals surface area contributed by atoms with Crippen LogP contribution in [0.2, 0.25) is 0 Å². The minimum absolute atomic E-state index is 0.00434. The van der Waals surface area contributed by atoms with Gasteiger partial charge in [0.05, 0.1) is 6.10 Å². The molecule has 0 spiro atoms. The SMILES string of the molecule is CCNCc1scc(C)c1S(=O)(=O)N1CCCC(OC)C1. The zero-order valence-electron chi connectivity index (χ0n) is 12.9. The average molecular weight is 332 g/mol. The number of nitrogens with one attached hydrogen (secondary N) is 1. The maximum absolute atomic E-state index is 13.0. The monoisotopic (exact) mass is 332 g/mol. The van der Waals surface area contributed by atoms with Crippen molar-refractivity contribution in [3.05, 3.63) is 15.8 Å². The van der Waals surface area contributed by atoms with Gasteiger partial charge in [-0.3, -0.25) is 0 Å². The van der Waals surface area contributed by atoms with Crippen LogP contribution >= 0.6 is 11.3 Å². The Morgan fingerprint density at radius 2 is 2.29 bits per heavy atom. The first-order chi connectivity index (χ1) is 10.0. The van der Waals surface area contributed by atoms with Crippen LogP contribution < -0.4 is 5.32 Å². The molecule has 0 bridgehead atoms. The summed E-state index contributed by atoms with van der Waals surface area (Å²) in [6.45, 7) is 6.35. The van der Waals surface area contributed by atoms with Crippen LogP contribution in [0.5, 0.6) is 0 Å². The topological polar surface area (TPSA) is 58.6 Å². The zero-order valence-corrected chi connectivity index (χ0v) is 14.5. The number of methoxy groups -OCH3 is 1. The molecule has 1 saturated heterocycles. The molecular formula is C14H24N2O3S2. The molecule has 2 rings (SSSR count). The van der Waals surface area contributed by atoms with Gasteiger partial charge < -0.3 is 10.1 Å². The Hall–Kier alpha value is -0.470. The van der Waals surface area contributed by atoms with Gasteiger partial charge in [-0.15, -0.1) is 11.3 Å². The molecule has 1 unspecified atom stereocenters. The van der Waals surface area contributed by atoms with Crippen molar-refractivity contribution in [3.8, 4) is 0 Å². The summed E-state index contributed by atoms with van der Waals surface area (Å²) in [5.74, 6) is 0. The smallest absolute Gasteiger partial charge is 0.244 e. The number of rotatable bonds is 6. The van der Waals surface area contributed by atoms with Crippen LogP contribution in [0, 0.1) is 6.92 Å². The van der Waals surface area contributed by atoms with Crippen LogP contribution in [0.3, 0.4) is 0 Å². The Balaban J connectivity index is 2.28. The fourth-order valence-corrected chi connectivity index (χ4v) is 5.88. The van der Waals surface area contributed by atoms with Crippen molar-refractivity contribution in [2.24, 2.45) is 0 Å². The predicted octanol–water partition coefficient (Wildman–Crippen LogP) is 1.97. The number of ether oxygens (including phenoxy) is 1. The highest BCUT2D eigenvalue weighted by Gasteiger charge is 2.33. The van der Waals surface area contributed by atoms with Crippen LogP contribution in [0.15, 0.2) is 10.3 Å². The first kappa shape index (κ1) is 16.9. The molecule has 1 atom stereocenters. The summed E-state index contributed by atoms with van der Waals surface area (Å²) in [6, 6.07) is 0. The number of aryl methyl sites for hydroxylation is 1. The third-order valence-corrected chi connectivity index (χ3v) is 7.13. The van der Waals surface area contributed by atoms with Gasteiger partial charge in [0.25, 0.3) is 0 Å². The van der Waals surface area contributed by atoms with Gasteiger partial charge in [0.15, 0.2) is 0 Å². The van der Waals surface area contributed by atoms with Gasteiger partial charge in [-0.25, -0.2) is 8.42 Å². The second-order valence-corrected chi connectivity index (χ2v) is 8.15. The Bertz CT molecular complexity index is 569. The van der Waals surface area contributed by atoms with Gasteiger partial charge in [-0.2, -0.15) is 4.31 Å². The van der Waals surface area contributed by atoms with Crippen LogP contribution in [0.4, 0.5) is 0 Å². The molecule has 1 aromatic heterocycles. The third kappa shape index (κ3) is 3.65. The van der Waals surface area contributed by atoms with Crippen molar-refractivity contribution in [3.63, 3.8) is 0 Å². The lowest BCUT2D eigenvalue weighted by Gasteiger charge is -2.31. The van der Waals surface area contributed by atoms with Gasteiger partial charge in [0, 0.05) is 31.6 Å². The van der Waals surface area contributed by atoms with Crippen molar-refractivity contribution in [2.45, 2.75) is 44.2 Å². The Morgan fingerprint density at radius 3 is 2.95 bits per heavy atom. The highest BCUT2D eigenvalue weighted by Crippen LogP contribution is 2.31. The van der Waals surface area contributed by atoms with E-state index in [0.717, 1.165) is 29.8 Å². The maximum Gasteiger partial charge on any atom is 0.244 e. The fourth-order valence-electron chi connectivity index (χ4n) is 2.64. The third-order valence-electron chi connectivity index (χ3n) is 3.80. The van der Waals surface area contributed by atoms with E-state index in [9.17, 15) is 8.42 Å². The lowest BCUT2D eigenvalue weighted by Crippen LogP contribution is -2.43. The lowest BCUT2D eigenvalue weighted by atomic mass is 10.1. The van der Waals surface area contributed by atoms with Crippen LogP contribution in [-0.2, 0) is 21.3 Å². The molecule has 21 heavy (non-hydrogen) atoms. The van der Waals surface area contributed by atoms with Crippen molar-refractivity contribution in [1.82, 2.24) is 9.62 Å². The molecule has 1 aliphatic rings. The van der Waals surface area contributed by atoms with Gasteiger partial charge in [0.2, 0.25) is 10.0 Å². The molecule has 120 valence electrons. The first-order valence-corrected chi connectivity index (χ1v) is 9.63. The summed E-state index contributed by atoms with van der Waals surface area (Å²) >= 11 is 1.51. The molecule has 0 saturated carbocycles. The largest absolute Gasteiger partial charge is 0.380 e. The van der Waals surface area contributed by atoms with E-state index in [-0.39, 0.29) is 6.10 Å². The fraction of sp³-hybridized carbons (Fsp3) is 0.714. The van der Waals surface area contributed by atoms with E-state index in [2.05, 4.69) is 5.32 Å². The average Bonchev–Trinajstić information content (AvgIpc) is 2.86. The van der Waals surface area contributed by atoms with E-state index in [1.54, 1.807) is 11.4 Å². The normalized spacial score (nSPS) is 20.8. The highest BCUT2D eigenvalue weighted by molar-refractivity contribution is 7.89. The van der Waals surface area contributed by atoms with Crippen LogP contribution in [0.25, 0.3) is 0 Å². The molecule has 2 heterocycles. The van der Waals surface area contributed by atoms with Crippen molar-refractivity contribution < 1.29 is 13.2 Å². The second kappa shape index (κ2) is 7.19. The number of nitrogens with zero attached hydrogens (tertiary/aromatic N) is 1. The summed E-state index contributed by atoms with van der Waals surface area (Å²) in [7, 11) is -1.78. The van der Waals surface area contributed by atoms with Crippen molar-refractivity contribution in [1.29, 1.82) is 0 Å². The first-order valence-electron chi connectivity index (χ1n) is 7.31. The number of hydrogen-bond acceptors (Lipinski definition) is 5. The summed E-state index contributed by atoms with van der Waals surface area (Å²) in [6.07, 6.45) is 1.78. The van der Waals surface area contributed by atoms with E-state index < -0.39 is 10.0 Å². The van der Waals surface area contributed by atoms with Gasteiger partial charge in [-0.05, 0) is 37.3 Å². The van der Waals surface area contributed by atoms with Crippen LogP contribution in [-0.4, -0.2) is 45.6 Å². The molecule has 5 nitrogen and oxygen atoms in total. The molecule has 1 aromatic rings. The van der Waals surface area contributed by atoms with Gasteiger partial charge in [0.1, 0.15) is 4.90 Å². The number of sulfonamides is 1. The molecule has 1 N–H and O–H groups in total. The standard InChI is InChI=1S/C14H24N2O3S2/c1-4-15-8-13-14(11(2)10-20-13)21(17,18)16-7-5-6-12(9-16)19-3/h10,12,15H,4-9H2,1-3H3. The Kier molecular flexibility index (Phi) is 5.79. The van der Waals surface area contributed by atoms with Gasteiger partial charge >= 0.3 is 0 Å². The van der Waals surface area contributed by atoms with E-state index in [4.69, 9.17) is 4.74 Å². The highest BCUT2D eigenvalue weighted by atomic mass is 32.2. The summed E-state index contributed by atoms with van der Waals surface area (Å²) in [5, 5.41) is 5.14. The minimum atomic E-state index is -3.43. The molecule has 1 aliphatic heterocycles. The zero-order chi connectivity index (χ0) is 15.5. The number of hydrogen-bond donors (Lipinski definition) is 1. The summed E-state index contributed by atoms with van der Waals surface area (Å²) in [5.41, 5.74) is 0.840. The molecule has 1 fully saturated rings. The number of piperidine rings is 1.